The Bertz CT molecular complexity index is 1100. The zero-order chi connectivity index (χ0) is 18.4. The zero-order valence-corrected chi connectivity index (χ0v) is 15.3. The zero-order valence-electron chi connectivity index (χ0n) is 15.3. The number of aryl methyl sites for hydroxylation is 2. The van der Waals surface area contributed by atoms with E-state index in [0.29, 0.717) is 5.39 Å². The molecule has 0 aliphatic carbocycles. The minimum Gasteiger partial charge on any atom is -0.343 e. The van der Waals surface area contributed by atoms with Crippen LogP contribution in [0.2, 0.25) is 0 Å². The van der Waals surface area contributed by atoms with Gasteiger partial charge >= 0.3 is 0 Å². The van der Waals surface area contributed by atoms with Crippen molar-refractivity contribution >= 4 is 22.5 Å². The topological polar surface area (TPSA) is 51.1 Å². The lowest BCUT2D eigenvalue weighted by molar-refractivity contribution is 0.102. The third-order valence-corrected chi connectivity index (χ3v) is 5.35. The molecule has 3 aromatic rings. The second-order valence-electron chi connectivity index (χ2n) is 7.06. The number of hydrogen-bond acceptors (Lipinski definition) is 2. The fourth-order valence-electron chi connectivity index (χ4n) is 3.96. The summed E-state index contributed by atoms with van der Waals surface area (Å²) in [5, 5.41) is 3.61. The first-order valence-corrected chi connectivity index (χ1v) is 9.07. The Balaban J connectivity index is 1.83. The third-order valence-electron chi connectivity index (χ3n) is 5.35. The third kappa shape index (κ3) is 2.45. The quantitative estimate of drug-likeness (QED) is 0.771. The SMILES string of the molecule is CCc1cccc(C)c1NC(=O)c1cn2c3c(cccc3c1=O)C[C@H]2C. The molecule has 2 heterocycles. The fourth-order valence-corrected chi connectivity index (χ4v) is 3.96. The highest BCUT2D eigenvalue weighted by Crippen LogP contribution is 2.31. The number of para-hydroxylation sites is 2. The molecule has 1 amide bonds. The number of benzene rings is 2. The summed E-state index contributed by atoms with van der Waals surface area (Å²) in [6.07, 6.45) is 3.43. The molecule has 26 heavy (non-hydrogen) atoms. The maximum absolute atomic E-state index is 13.0. The van der Waals surface area contributed by atoms with Crippen LogP contribution in [0.1, 0.15) is 46.9 Å². The minimum atomic E-state index is -0.339. The van der Waals surface area contributed by atoms with E-state index in [4.69, 9.17) is 0 Å². The first-order chi connectivity index (χ1) is 12.5. The summed E-state index contributed by atoms with van der Waals surface area (Å²) in [6, 6.07) is 12.0. The molecule has 1 aliphatic rings. The Morgan fingerprint density at radius 3 is 2.77 bits per heavy atom. The molecule has 4 rings (SSSR count). The van der Waals surface area contributed by atoms with Crippen LogP contribution in [0.4, 0.5) is 5.69 Å². The van der Waals surface area contributed by atoms with Crippen LogP contribution in [0, 0.1) is 6.92 Å². The van der Waals surface area contributed by atoms with Crippen LogP contribution in [0.15, 0.2) is 47.4 Å². The average molecular weight is 346 g/mol. The van der Waals surface area contributed by atoms with Crippen molar-refractivity contribution in [2.45, 2.75) is 39.7 Å². The summed E-state index contributed by atoms with van der Waals surface area (Å²) < 4.78 is 2.07. The van der Waals surface area contributed by atoms with Gasteiger partial charge in [-0.1, -0.05) is 37.3 Å². The Labute approximate surface area is 152 Å². The van der Waals surface area contributed by atoms with Gasteiger partial charge in [-0.05, 0) is 49.4 Å². The number of pyridine rings is 1. The number of anilines is 1. The monoisotopic (exact) mass is 346 g/mol. The van der Waals surface area contributed by atoms with Gasteiger partial charge in [-0.2, -0.15) is 0 Å². The van der Waals surface area contributed by atoms with Crippen molar-refractivity contribution in [2.75, 3.05) is 5.32 Å². The van der Waals surface area contributed by atoms with Crippen molar-refractivity contribution in [3.63, 3.8) is 0 Å². The Hall–Kier alpha value is -2.88. The molecular weight excluding hydrogens is 324 g/mol. The molecule has 1 N–H and O–H groups in total. The number of rotatable bonds is 3. The Morgan fingerprint density at radius 2 is 2.00 bits per heavy atom. The first-order valence-electron chi connectivity index (χ1n) is 9.07. The van der Waals surface area contributed by atoms with Crippen LogP contribution in [-0.4, -0.2) is 10.5 Å². The van der Waals surface area contributed by atoms with E-state index in [2.05, 4.69) is 29.8 Å². The van der Waals surface area contributed by atoms with Gasteiger partial charge in [-0.3, -0.25) is 9.59 Å². The van der Waals surface area contributed by atoms with E-state index in [1.807, 2.05) is 37.3 Å². The average Bonchev–Trinajstić information content (AvgIpc) is 2.95. The van der Waals surface area contributed by atoms with Crippen molar-refractivity contribution in [1.29, 1.82) is 0 Å². The summed E-state index contributed by atoms with van der Waals surface area (Å²) >= 11 is 0. The molecule has 4 nitrogen and oxygen atoms in total. The molecule has 0 unspecified atom stereocenters. The number of nitrogens with one attached hydrogen (secondary N) is 1. The standard InChI is InChI=1S/C22H22N2O2/c1-4-15-8-5-7-13(2)19(15)23-22(26)18-12-24-14(3)11-16-9-6-10-17(20(16)24)21(18)25/h5-10,12,14H,4,11H2,1-3H3,(H,23,26)/t14-/m1/s1. The van der Waals surface area contributed by atoms with Crippen molar-refractivity contribution in [2.24, 2.45) is 0 Å². The van der Waals surface area contributed by atoms with Crippen LogP contribution in [0.3, 0.4) is 0 Å². The summed E-state index contributed by atoms with van der Waals surface area (Å²) in [4.78, 5) is 25.9. The van der Waals surface area contributed by atoms with Gasteiger partial charge in [0.15, 0.2) is 0 Å². The smallest absolute Gasteiger partial charge is 0.261 e. The van der Waals surface area contributed by atoms with Gasteiger partial charge in [0.1, 0.15) is 5.56 Å². The van der Waals surface area contributed by atoms with E-state index in [-0.39, 0.29) is 22.9 Å². The van der Waals surface area contributed by atoms with Crippen LogP contribution >= 0.6 is 0 Å². The van der Waals surface area contributed by atoms with Crippen LogP contribution < -0.4 is 10.7 Å². The van der Waals surface area contributed by atoms with Gasteiger partial charge in [-0.25, -0.2) is 0 Å². The fraction of sp³-hybridized carbons (Fsp3) is 0.273. The molecule has 1 aliphatic heterocycles. The molecule has 0 fully saturated rings. The van der Waals surface area contributed by atoms with Gasteiger partial charge < -0.3 is 9.88 Å². The summed E-state index contributed by atoms with van der Waals surface area (Å²) in [5.41, 5.74) is 5.02. The van der Waals surface area contributed by atoms with Crippen molar-refractivity contribution in [3.8, 4) is 0 Å². The maximum atomic E-state index is 13.0. The van der Waals surface area contributed by atoms with Gasteiger partial charge in [0, 0.05) is 23.3 Å². The van der Waals surface area contributed by atoms with Crippen molar-refractivity contribution < 1.29 is 4.79 Å². The van der Waals surface area contributed by atoms with E-state index >= 15 is 0 Å². The minimum absolute atomic E-state index is 0.198. The molecule has 0 spiro atoms. The molecule has 1 atom stereocenters. The molecular formula is C22H22N2O2. The van der Waals surface area contributed by atoms with Gasteiger partial charge in [0.05, 0.1) is 5.52 Å². The maximum Gasteiger partial charge on any atom is 0.261 e. The molecule has 0 bridgehead atoms. The number of carbonyl (C=O) groups is 1. The molecule has 2 aromatic carbocycles. The Kier molecular flexibility index (Phi) is 3.91. The molecule has 1 aromatic heterocycles. The number of amides is 1. The second-order valence-corrected chi connectivity index (χ2v) is 7.06. The highest BCUT2D eigenvalue weighted by atomic mass is 16.2. The number of hydrogen-bond donors (Lipinski definition) is 1. The lowest BCUT2D eigenvalue weighted by Crippen LogP contribution is -2.24. The van der Waals surface area contributed by atoms with E-state index in [1.165, 1.54) is 5.56 Å². The van der Waals surface area contributed by atoms with Crippen LogP contribution in [0.25, 0.3) is 10.9 Å². The van der Waals surface area contributed by atoms with E-state index in [9.17, 15) is 9.59 Å². The normalized spacial score (nSPS) is 15.4. The van der Waals surface area contributed by atoms with Gasteiger partial charge in [-0.15, -0.1) is 0 Å². The molecule has 0 saturated carbocycles. The first kappa shape index (κ1) is 16.6. The molecule has 132 valence electrons. The van der Waals surface area contributed by atoms with E-state index in [0.717, 1.165) is 35.2 Å². The lowest BCUT2D eigenvalue weighted by atomic mass is 10.0. The van der Waals surface area contributed by atoms with Crippen molar-refractivity contribution in [1.82, 2.24) is 4.57 Å². The Morgan fingerprint density at radius 1 is 1.23 bits per heavy atom. The summed E-state index contributed by atoms with van der Waals surface area (Å²) in [6.45, 7) is 6.14. The highest BCUT2D eigenvalue weighted by Gasteiger charge is 2.24. The largest absolute Gasteiger partial charge is 0.343 e. The predicted octanol–water partition coefficient (Wildman–Crippen LogP) is 4.24. The van der Waals surface area contributed by atoms with Crippen molar-refractivity contribution in [3.05, 3.63) is 75.1 Å². The van der Waals surface area contributed by atoms with Crippen LogP contribution in [0.5, 0.6) is 0 Å². The van der Waals surface area contributed by atoms with Crippen LogP contribution in [-0.2, 0) is 12.8 Å². The summed E-state index contributed by atoms with van der Waals surface area (Å²) in [5.74, 6) is -0.339. The van der Waals surface area contributed by atoms with E-state index < -0.39 is 0 Å². The predicted molar refractivity (Wildman–Crippen MR) is 105 cm³/mol. The molecule has 0 saturated heterocycles. The van der Waals surface area contributed by atoms with Gasteiger partial charge in [0.2, 0.25) is 5.43 Å². The molecule has 4 heteroatoms. The van der Waals surface area contributed by atoms with E-state index in [1.54, 1.807) is 6.20 Å². The summed E-state index contributed by atoms with van der Waals surface area (Å²) in [7, 11) is 0. The number of carbonyl (C=O) groups excluding carboxylic acids is 1. The number of aromatic nitrogens is 1. The van der Waals surface area contributed by atoms with Gasteiger partial charge in [0.25, 0.3) is 5.91 Å². The molecule has 0 radical (unpaired) electrons. The highest BCUT2D eigenvalue weighted by molar-refractivity contribution is 6.06. The lowest BCUT2D eigenvalue weighted by Gasteiger charge is -2.15. The second kappa shape index (κ2) is 6.13. The number of nitrogens with zero attached hydrogens (tertiary/aromatic N) is 1.